The minimum absolute atomic E-state index is 0.0438. The minimum Gasteiger partial charge on any atom is -0.507 e. The van der Waals surface area contributed by atoms with Crippen molar-refractivity contribution in [3.05, 3.63) is 75.0 Å². The van der Waals surface area contributed by atoms with Gasteiger partial charge < -0.3 is 10.1 Å². The van der Waals surface area contributed by atoms with E-state index in [1.807, 2.05) is 30.3 Å². The molecule has 0 saturated heterocycles. The largest absolute Gasteiger partial charge is 0.507 e. The lowest BCUT2D eigenvalue weighted by Gasteiger charge is -2.09. The summed E-state index contributed by atoms with van der Waals surface area (Å²) in [6.07, 6.45) is 0. The van der Waals surface area contributed by atoms with Crippen LogP contribution in [0.5, 0.6) is 5.75 Å². The number of para-hydroxylation sites is 1. The van der Waals surface area contributed by atoms with Crippen LogP contribution in [-0.2, 0) is 0 Å². The Morgan fingerprint density at radius 2 is 1.83 bits per heavy atom. The number of benzene rings is 2. The number of phenols is 1. The molecule has 0 radical (unpaired) electrons. The number of hydrogen-bond acceptors (Lipinski definition) is 3. The predicted molar refractivity (Wildman–Crippen MR) is 92.0 cm³/mol. The van der Waals surface area contributed by atoms with Crippen LogP contribution in [0.3, 0.4) is 0 Å². The van der Waals surface area contributed by atoms with Crippen LogP contribution < -0.4 is 5.56 Å². The number of aromatic amines is 1. The zero-order valence-electron chi connectivity index (χ0n) is 11.9. The highest BCUT2D eigenvalue weighted by Crippen LogP contribution is 2.31. The molecule has 112 valence electrons. The molecule has 1 heterocycles. The molecule has 0 amide bonds. The predicted octanol–water partition coefficient (Wildman–Crippen LogP) is 4.05. The lowest BCUT2D eigenvalue weighted by Crippen LogP contribution is -2.12. The average Bonchev–Trinajstić information content (AvgIpc) is 2.54. The van der Waals surface area contributed by atoms with E-state index in [1.165, 1.54) is 0 Å². The Balaban J connectivity index is 2.30. The fourth-order valence-corrected chi connectivity index (χ4v) is 2.80. The molecule has 0 aliphatic rings. The van der Waals surface area contributed by atoms with E-state index in [4.69, 9.17) is 0 Å². The van der Waals surface area contributed by atoms with Crippen LogP contribution in [-0.4, -0.2) is 10.1 Å². The quantitative estimate of drug-likeness (QED) is 0.718. The minimum atomic E-state index is -0.483. The van der Waals surface area contributed by atoms with Gasteiger partial charge >= 0.3 is 0 Å². The first-order chi connectivity index (χ1) is 11.1. The van der Waals surface area contributed by atoms with Crippen molar-refractivity contribution in [2.75, 3.05) is 0 Å². The number of rotatable bonds is 2. The van der Waals surface area contributed by atoms with Gasteiger partial charge in [-0.15, -0.1) is 0 Å². The summed E-state index contributed by atoms with van der Waals surface area (Å²) in [4.78, 5) is 14.9. The number of nitriles is 1. The number of H-pyrrole nitrogens is 1. The number of aromatic hydroxyl groups is 1. The maximum absolute atomic E-state index is 12.3. The summed E-state index contributed by atoms with van der Waals surface area (Å²) in [7, 11) is 0. The van der Waals surface area contributed by atoms with Crippen LogP contribution in [0, 0.1) is 11.3 Å². The number of phenolic OH excluding ortho intramolecular Hbond substituents is 1. The number of nitrogens with zero attached hydrogens (tertiary/aromatic N) is 1. The fourth-order valence-electron chi connectivity index (χ4n) is 2.40. The molecular formula is C18H11BrN2O2. The number of hydrogen-bond donors (Lipinski definition) is 2. The summed E-state index contributed by atoms with van der Waals surface area (Å²) >= 11 is 3.39. The van der Waals surface area contributed by atoms with Gasteiger partial charge in [-0.05, 0) is 35.9 Å². The highest BCUT2D eigenvalue weighted by molar-refractivity contribution is 9.10. The third-order valence-corrected chi connectivity index (χ3v) is 3.97. The van der Waals surface area contributed by atoms with Crippen LogP contribution in [0.25, 0.3) is 22.4 Å². The molecule has 0 aliphatic heterocycles. The first-order valence-corrected chi connectivity index (χ1v) is 7.61. The maximum atomic E-state index is 12.3. The third-order valence-electron chi connectivity index (χ3n) is 3.47. The Kier molecular flexibility index (Phi) is 4.00. The Morgan fingerprint density at radius 3 is 2.52 bits per heavy atom. The molecular weight excluding hydrogens is 356 g/mol. The normalized spacial score (nSPS) is 10.3. The van der Waals surface area contributed by atoms with Crippen LogP contribution in [0.4, 0.5) is 0 Å². The maximum Gasteiger partial charge on any atom is 0.266 e. The van der Waals surface area contributed by atoms with Crippen molar-refractivity contribution in [3.63, 3.8) is 0 Å². The van der Waals surface area contributed by atoms with Gasteiger partial charge in [-0.1, -0.05) is 40.2 Å². The standard InChI is InChI=1S/C18H11BrN2O2/c19-12-5-3-4-11(8-12)14-9-16(21-18(23)15(14)10-20)13-6-1-2-7-17(13)22/h1-9,22H,(H,21,23). The van der Waals surface area contributed by atoms with Crippen molar-refractivity contribution in [2.24, 2.45) is 0 Å². The van der Waals surface area contributed by atoms with Crippen LogP contribution in [0.1, 0.15) is 5.56 Å². The average molecular weight is 367 g/mol. The van der Waals surface area contributed by atoms with Gasteiger partial charge in [-0.25, -0.2) is 0 Å². The fraction of sp³-hybridized carbons (Fsp3) is 0. The SMILES string of the molecule is N#Cc1c(-c2cccc(Br)c2)cc(-c2ccccc2O)[nH]c1=O. The second-order valence-corrected chi connectivity index (χ2v) is 5.86. The molecule has 0 fully saturated rings. The number of nitrogens with one attached hydrogen (secondary N) is 1. The Morgan fingerprint density at radius 1 is 1.04 bits per heavy atom. The van der Waals surface area contributed by atoms with Crippen LogP contribution in [0.2, 0.25) is 0 Å². The number of pyridine rings is 1. The van der Waals surface area contributed by atoms with Crippen molar-refractivity contribution >= 4 is 15.9 Å². The molecule has 2 N–H and O–H groups in total. The van der Waals surface area contributed by atoms with Crippen LogP contribution >= 0.6 is 15.9 Å². The smallest absolute Gasteiger partial charge is 0.266 e. The number of aromatic nitrogens is 1. The van der Waals surface area contributed by atoms with E-state index >= 15 is 0 Å². The summed E-state index contributed by atoms with van der Waals surface area (Å²) in [6, 6.07) is 17.8. The van der Waals surface area contributed by atoms with Crippen molar-refractivity contribution in [2.45, 2.75) is 0 Å². The van der Waals surface area contributed by atoms with E-state index in [1.54, 1.807) is 30.3 Å². The molecule has 0 unspecified atom stereocenters. The van der Waals surface area contributed by atoms with Gasteiger partial charge in [0.15, 0.2) is 0 Å². The van der Waals surface area contributed by atoms with Gasteiger partial charge in [0, 0.05) is 15.6 Å². The second-order valence-electron chi connectivity index (χ2n) is 4.94. The highest BCUT2D eigenvalue weighted by atomic mass is 79.9. The monoisotopic (exact) mass is 366 g/mol. The van der Waals surface area contributed by atoms with Gasteiger partial charge in [0.05, 0.1) is 5.69 Å². The number of halogens is 1. The Bertz CT molecular complexity index is 987. The van der Waals surface area contributed by atoms with Gasteiger partial charge in [0.1, 0.15) is 17.4 Å². The molecule has 2 aromatic carbocycles. The molecule has 3 aromatic rings. The van der Waals surface area contributed by atoms with Gasteiger partial charge in [-0.2, -0.15) is 5.26 Å². The summed E-state index contributed by atoms with van der Waals surface area (Å²) in [5, 5.41) is 19.3. The molecule has 0 spiro atoms. The van der Waals surface area contributed by atoms with Gasteiger partial charge in [0.25, 0.3) is 5.56 Å². The highest BCUT2D eigenvalue weighted by Gasteiger charge is 2.14. The van der Waals surface area contributed by atoms with Gasteiger partial charge in [-0.3, -0.25) is 4.79 Å². The summed E-state index contributed by atoms with van der Waals surface area (Å²) in [6.45, 7) is 0. The van der Waals surface area contributed by atoms with Crippen molar-refractivity contribution in [1.29, 1.82) is 5.26 Å². The van der Waals surface area contributed by atoms with E-state index in [0.717, 1.165) is 10.0 Å². The molecule has 23 heavy (non-hydrogen) atoms. The molecule has 0 aliphatic carbocycles. The van der Waals surface area contributed by atoms with E-state index in [2.05, 4.69) is 20.9 Å². The molecule has 5 heteroatoms. The molecule has 0 atom stereocenters. The van der Waals surface area contributed by atoms with Crippen molar-refractivity contribution < 1.29 is 5.11 Å². The summed E-state index contributed by atoms with van der Waals surface area (Å²) < 4.78 is 0.850. The molecule has 4 nitrogen and oxygen atoms in total. The Labute approximate surface area is 140 Å². The van der Waals surface area contributed by atoms with E-state index in [9.17, 15) is 15.2 Å². The van der Waals surface area contributed by atoms with E-state index in [-0.39, 0.29) is 11.3 Å². The van der Waals surface area contributed by atoms with Crippen LogP contribution in [0.15, 0.2) is 63.9 Å². The van der Waals surface area contributed by atoms with Crippen molar-refractivity contribution in [1.82, 2.24) is 4.98 Å². The first kappa shape index (κ1) is 15.1. The molecule has 0 bridgehead atoms. The molecule has 0 saturated carbocycles. The summed E-state index contributed by atoms with van der Waals surface area (Å²) in [5.41, 5.74) is 1.80. The lowest BCUT2D eigenvalue weighted by atomic mass is 9.99. The second kappa shape index (κ2) is 6.11. The lowest BCUT2D eigenvalue weighted by molar-refractivity contribution is 0.477. The first-order valence-electron chi connectivity index (χ1n) is 6.82. The zero-order chi connectivity index (χ0) is 16.4. The van der Waals surface area contributed by atoms with Gasteiger partial charge in [0.2, 0.25) is 0 Å². The van der Waals surface area contributed by atoms with Crippen molar-refractivity contribution in [3.8, 4) is 34.2 Å². The van der Waals surface area contributed by atoms with E-state index < -0.39 is 5.56 Å². The zero-order valence-corrected chi connectivity index (χ0v) is 13.5. The topological polar surface area (TPSA) is 76.9 Å². The summed E-state index contributed by atoms with van der Waals surface area (Å²) in [5.74, 6) is 0.0630. The Hall–Kier alpha value is -2.84. The third kappa shape index (κ3) is 2.89. The molecule has 3 rings (SSSR count). The molecule has 1 aromatic heterocycles. The van der Waals surface area contributed by atoms with E-state index in [0.29, 0.717) is 16.8 Å².